The fraction of sp³-hybridized carbons (Fsp3) is 0.526. The highest BCUT2D eigenvalue weighted by molar-refractivity contribution is 6.83. The number of hydrogen-bond donors (Lipinski definition) is 1. The minimum Gasteiger partial charge on any atom is -0.444 e. The van der Waals surface area contributed by atoms with Gasteiger partial charge in [0, 0.05) is 12.7 Å². The Hall–Kier alpha value is -1.77. The van der Waals surface area contributed by atoms with E-state index >= 15 is 0 Å². The molecule has 0 aromatic heterocycles. The minimum absolute atomic E-state index is 0.260. The van der Waals surface area contributed by atoms with E-state index in [0.29, 0.717) is 6.61 Å². The molecule has 0 aliphatic rings. The molecule has 0 unspecified atom stereocenters. The van der Waals surface area contributed by atoms with Crippen molar-refractivity contribution in [2.45, 2.75) is 52.1 Å². The standard InChI is InChI=1S/C19H29NO3Si/c1-19(2,3)23-18(21)20-17(14-22-4)16-10-8-15(9-11-16)12-13-24(5,6)7/h8-11,17H,14H2,1-7H3,(H,20,21)/t17-/m1/s1. The van der Waals surface area contributed by atoms with E-state index < -0.39 is 19.8 Å². The van der Waals surface area contributed by atoms with E-state index in [2.05, 4.69) is 36.4 Å². The molecule has 1 N–H and O–H groups in total. The topological polar surface area (TPSA) is 47.6 Å². The summed E-state index contributed by atoms with van der Waals surface area (Å²) in [7, 11) is 0.221. The van der Waals surface area contributed by atoms with Gasteiger partial charge in [-0.05, 0) is 38.5 Å². The molecule has 24 heavy (non-hydrogen) atoms. The second kappa shape index (κ2) is 8.36. The minimum atomic E-state index is -1.39. The Morgan fingerprint density at radius 1 is 1.21 bits per heavy atom. The Morgan fingerprint density at radius 2 is 1.79 bits per heavy atom. The zero-order valence-corrected chi connectivity index (χ0v) is 16.8. The molecular weight excluding hydrogens is 318 g/mol. The highest BCUT2D eigenvalue weighted by atomic mass is 28.3. The number of nitrogens with one attached hydrogen (secondary N) is 1. The van der Waals surface area contributed by atoms with E-state index in [1.807, 2.05) is 45.0 Å². The molecule has 0 spiro atoms. The number of ether oxygens (including phenoxy) is 2. The van der Waals surface area contributed by atoms with Crippen LogP contribution in [0.3, 0.4) is 0 Å². The first-order chi connectivity index (χ1) is 11.0. The average Bonchev–Trinajstić information content (AvgIpc) is 2.42. The van der Waals surface area contributed by atoms with Crippen LogP contribution in [0.1, 0.15) is 37.9 Å². The number of carbonyl (C=O) groups is 1. The molecule has 0 saturated carbocycles. The van der Waals surface area contributed by atoms with Crippen LogP contribution in [0.4, 0.5) is 4.79 Å². The van der Waals surface area contributed by atoms with Crippen LogP contribution in [0.5, 0.6) is 0 Å². The number of rotatable bonds is 4. The first kappa shape index (κ1) is 20.3. The van der Waals surface area contributed by atoms with Crippen LogP contribution in [-0.2, 0) is 9.47 Å². The Bertz CT molecular complexity index is 601. The lowest BCUT2D eigenvalue weighted by Gasteiger charge is -2.23. The third-order valence-corrected chi connectivity index (χ3v) is 3.79. The van der Waals surface area contributed by atoms with Gasteiger partial charge in [-0.25, -0.2) is 4.79 Å². The summed E-state index contributed by atoms with van der Waals surface area (Å²) in [6.45, 7) is 12.5. The van der Waals surface area contributed by atoms with E-state index in [1.165, 1.54) is 0 Å². The van der Waals surface area contributed by atoms with E-state index in [4.69, 9.17) is 9.47 Å². The maximum atomic E-state index is 12.0. The highest BCUT2D eigenvalue weighted by Crippen LogP contribution is 2.16. The van der Waals surface area contributed by atoms with E-state index in [1.54, 1.807) is 7.11 Å². The van der Waals surface area contributed by atoms with Gasteiger partial charge in [-0.1, -0.05) is 37.7 Å². The summed E-state index contributed by atoms with van der Waals surface area (Å²) in [6.07, 6.45) is -0.452. The first-order valence-electron chi connectivity index (χ1n) is 8.12. The maximum absolute atomic E-state index is 12.0. The summed E-state index contributed by atoms with van der Waals surface area (Å²) < 4.78 is 10.5. The third-order valence-electron chi connectivity index (χ3n) is 2.92. The zero-order valence-electron chi connectivity index (χ0n) is 15.8. The van der Waals surface area contributed by atoms with Crippen LogP contribution in [0.25, 0.3) is 0 Å². The molecule has 0 aliphatic heterocycles. The van der Waals surface area contributed by atoms with Crippen LogP contribution in [0.2, 0.25) is 19.6 Å². The van der Waals surface area contributed by atoms with Gasteiger partial charge < -0.3 is 14.8 Å². The van der Waals surface area contributed by atoms with E-state index in [9.17, 15) is 4.79 Å². The summed E-state index contributed by atoms with van der Waals surface area (Å²) in [5.41, 5.74) is 4.76. The van der Waals surface area contributed by atoms with Gasteiger partial charge in [0.05, 0.1) is 12.6 Å². The zero-order chi connectivity index (χ0) is 18.4. The fourth-order valence-electron chi connectivity index (χ4n) is 1.90. The number of benzene rings is 1. The van der Waals surface area contributed by atoms with Gasteiger partial charge in [0.15, 0.2) is 0 Å². The SMILES string of the molecule is COC[C@@H](NC(=O)OC(C)(C)C)c1ccc(C#C[Si](C)(C)C)cc1. The summed E-state index contributed by atoms with van der Waals surface area (Å²) in [6, 6.07) is 7.62. The molecule has 4 nitrogen and oxygen atoms in total. The van der Waals surface area contributed by atoms with Crippen molar-refractivity contribution in [1.29, 1.82) is 0 Å². The number of alkyl carbamates (subject to hydrolysis) is 1. The molecule has 5 heteroatoms. The predicted octanol–water partition coefficient (Wildman–Crippen LogP) is 4.13. The smallest absolute Gasteiger partial charge is 0.408 e. The number of amides is 1. The molecular formula is C19H29NO3Si. The summed E-state index contributed by atoms with van der Waals surface area (Å²) in [5, 5.41) is 2.85. The lowest BCUT2D eigenvalue weighted by Crippen LogP contribution is -2.36. The van der Waals surface area contributed by atoms with Crippen molar-refractivity contribution in [3.8, 4) is 11.5 Å². The molecule has 0 saturated heterocycles. The maximum Gasteiger partial charge on any atom is 0.408 e. The molecule has 0 bridgehead atoms. The van der Waals surface area contributed by atoms with Gasteiger partial charge in [-0.3, -0.25) is 0 Å². The number of hydrogen-bond acceptors (Lipinski definition) is 3. The van der Waals surface area contributed by atoms with Crippen LogP contribution in [0, 0.1) is 11.5 Å². The summed E-state index contributed by atoms with van der Waals surface area (Å²) in [5.74, 6) is 3.22. The molecule has 1 rings (SSSR count). The molecule has 0 fully saturated rings. The van der Waals surface area contributed by atoms with Crippen LogP contribution in [-0.4, -0.2) is 33.5 Å². The monoisotopic (exact) mass is 347 g/mol. The van der Waals surface area contributed by atoms with Gasteiger partial charge in [-0.15, -0.1) is 5.54 Å². The molecule has 1 amide bonds. The summed E-state index contributed by atoms with van der Waals surface area (Å²) in [4.78, 5) is 12.0. The lowest BCUT2D eigenvalue weighted by molar-refractivity contribution is 0.0468. The summed E-state index contributed by atoms with van der Waals surface area (Å²) >= 11 is 0. The quantitative estimate of drug-likeness (QED) is 0.658. The van der Waals surface area contributed by atoms with Crippen molar-refractivity contribution in [1.82, 2.24) is 5.32 Å². The van der Waals surface area contributed by atoms with Crippen LogP contribution < -0.4 is 5.32 Å². The Balaban J connectivity index is 2.85. The molecule has 132 valence electrons. The van der Waals surface area contributed by atoms with Crippen LogP contribution >= 0.6 is 0 Å². The van der Waals surface area contributed by atoms with Crippen LogP contribution in [0.15, 0.2) is 24.3 Å². The fourth-order valence-corrected chi connectivity index (χ4v) is 2.42. The molecule has 1 atom stereocenters. The van der Waals surface area contributed by atoms with Gasteiger partial charge in [-0.2, -0.15) is 0 Å². The van der Waals surface area contributed by atoms with Crippen molar-refractivity contribution in [3.05, 3.63) is 35.4 Å². The van der Waals surface area contributed by atoms with Crippen molar-refractivity contribution in [3.63, 3.8) is 0 Å². The second-order valence-electron chi connectivity index (χ2n) is 7.78. The number of carbonyl (C=O) groups excluding carboxylic acids is 1. The molecule has 1 aromatic carbocycles. The van der Waals surface area contributed by atoms with Crippen molar-refractivity contribution < 1.29 is 14.3 Å². The highest BCUT2D eigenvalue weighted by Gasteiger charge is 2.20. The third kappa shape index (κ3) is 8.18. The molecule has 0 radical (unpaired) electrons. The largest absolute Gasteiger partial charge is 0.444 e. The van der Waals surface area contributed by atoms with Gasteiger partial charge in [0.2, 0.25) is 0 Å². The molecule has 1 aromatic rings. The average molecular weight is 348 g/mol. The van der Waals surface area contributed by atoms with Gasteiger partial charge in [0.25, 0.3) is 0 Å². The predicted molar refractivity (Wildman–Crippen MR) is 101 cm³/mol. The van der Waals surface area contributed by atoms with Crippen molar-refractivity contribution >= 4 is 14.2 Å². The Morgan fingerprint density at radius 3 is 2.25 bits per heavy atom. The van der Waals surface area contributed by atoms with Crippen molar-refractivity contribution in [2.75, 3.05) is 13.7 Å². The van der Waals surface area contributed by atoms with E-state index in [0.717, 1.165) is 11.1 Å². The Labute approximate surface area is 146 Å². The molecule has 0 aliphatic carbocycles. The lowest BCUT2D eigenvalue weighted by atomic mass is 10.1. The number of methoxy groups -OCH3 is 1. The second-order valence-corrected chi connectivity index (χ2v) is 12.5. The van der Waals surface area contributed by atoms with Gasteiger partial charge in [0.1, 0.15) is 13.7 Å². The normalized spacial score (nSPS) is 12.8. The van der Waals surface area contributed by atoms with Gasteiger partial charge >= 0.3 is 6.09 Å². The first-order valence-corrected chi connectivity index (χ1v) is 11.6. The van der Waals surface area contributed by atoms with E-state index in [-0.39, 0.29) is 6.04 Å². The van der Waals surface area contributed by atoms with Crippen molar-refractivity contribution in [2.24, 2.45) is 0 Å². The molecule has 0 heterocycles. The Kier molecular flexibility index (Phi) is 7.06.